The zero-order valence-corrected chi connectivity index (χ0v) is 27.4. The van der Waals surface area contributed by atoms with Crippen molar-refractivity contribution in [2.75, 3.05) is 10.6 Å². The van der Waals surface area contributed by atoms with Crippen LogP contribution in [0.1, 0.15) is 40.4 Å². The molecule has 0 radical (unpaired) electrons. The Morgan fingerprint density at radius 3 is 2.11 bits per heavy atom. The average molecular weight is 640 g/mol. The number of amides is 3. The van der Waals surface area contributed by atoms with Gasteiger partial charge in [-0.1, -0.05) is 97.9 Å². The molecule has 1 atom stereocenters. The van der Waals surface area contributed by atoms with Crippen LogP contribution in [0.3, 0.4) is 0 Å². The molecule has 47 heavy (non-hydrogen) atoms. The largest absolute Gasteiger partial charge is 0.325 e. The lowest BCUT2D eigenvalue weighted by Gasteiger charge is -2.17. The van der Waals surface area contributed by atoms with E-state index in [1.54, 1.807) is 36.4 Å². The van der Waals surface area contributed by atoms with Gasteiger partial charge in [0.15, 0.2) is 0 Å². The number of anilines is 2. The highest BCUT2D eigenvalue weighted by atomic mass is 32.2. The Kier molecular flexibility index (Phi) is 11.0. The van der Waals surface area contributed by atoms with Gasteiger partial charge < -0.3 is 16.0 Å². The molecule has 0 aliphatic carbocycles. The summed E-state index contributed by atoms with van der Waals surface area (Å²) in [7, 11) is 0. The fraction of sp³-hybridized carbons (Fsp3) is 0.125. The van der Waals surface area contributed by atoms with Crippen molar-refractivity contribution >= 4 is 46.9 Å². The third kappa shape index (κ3) is 9.08. The van der Waals surface area contributed by atoms with Gasteiger partial charge in [-0.15, -0.1) is 11.8 Å². The molecule has 7 heteroatoms. The summed E-state index contributed by atoms with van der Waals surface area (Å²) >= 11 is 1.44. The van der Waals surface area contributed by atoms with Gasteiger partial charge in [-0.25, -0.2) is 0 Å². The molecule has 0 aliphatic rings. The van der Waals surface area contributed by atoms with Crippen molar-refractivity contribution in [1.82, 2.24) is 5.32 Å². The standard InChI is InChI=1S/C40H37N3O3S/c1-4-37(40(46)42-35-24-27(2)18-19-28(35)3)47-34-17-11-16-33(26-34)41-39(45)36(43-38(44)32-14-9-6-10-15-32)25-29-20-22-31(23-21-29)30-12-7-5-8-13-30/h5-26,37H,4H2,1-3H3,(H,41,45)(H,42,46)(H,43,44)/b36-25+. The van der Waals surface area contributed by atoms with Crippen LogP contribution in [0, 0.1) is 13.8 Å². The Balaban J connectivity index is 1.33. The summed E-state index contributed by atoms with van der Waals surface area (Å²) in [6, 6.07) is 39.9. The molecule has 5 aromatic carbocycles. The first-order valence-electron chi connectivity index (χ1n) is 15.5. The van der Waals surface area contributed by atoms with Crippen molar-refractivity contribution < 1.29 is 14.4 Å². The topological polar surface area (TPSA) is 87.3 Å². The predicted molar refractivity (Wildman–Crippen MR) is 193 cm³/mol. The first-order chi connectivity index (χ1) is 22.8. The number of nitrogens with one attached hydrogen (secondary N) is 3. The molecule has 3 N–H and O–H groups in total. The molecule has 0 aliphatic heterocycles. The molecule has 6 nitrogen and oxygen atoms in total. The molecule has 5 rings (SSSR count). The van der Waals surface area contributed by atoms with E-state index in [1.165, 1.54) is 11.8 Å². The number of carbonyl (C=O) groups is 3. The van der Waals surface area contributed by atoms with Crippen LogP contribution >= 0.6 is 11.8 Å². The quantitative estimate of drug-likeness (QED) is 0.0995. The Labute approximate surface area is 280 Å². The number of benzene rings is 5. The summed E-state index contributed by atoms with van der Waals surface area (Å²) < 4.78 is 0. The van der Waals surface area contributed by atoms with Crippen molar-refractivity contribution in [2.45, 2.75) is 37.3 Å². The van der Waals surface area contributed by atoms with Crippen LogP contribution in [0.25, 0.3) is 17.2 Å². The molecule has 3 amide bonds. The maximum absolute atomic E-state index is 13.7. The van der Waals surface area contributed by atoms with E-state index in [1.807, 2.05) is 118 Å². The van der Waals surface area contributed by atoms with Crippen molar-refractivity contribution in [1.29, 1.82) is 0 Å². The Hall–Kier alpha value is -5.40. The zero-order chi connectivity index (χ0) is 33.2. The van der Waals surface area contributed by atoms with E-state index in [9.17, 15) is 14.4 Å². The Morgan fingerprint density at radius 1 is 0.723 bits per heavy atom. The fourth-order valence-electron chi connectivity index (χ4n) is 4.93. The average Bonchev–Trinajstić information content (AvgIpc) is 3.09. The second-order valence-electron chi connectivity index (χ2n) is 11.2. The van der Waals surface area contributed by atoms with E-state index >= 15 is 0 Å². The third-order valence-electron chi connectivity index (χ3n) is 7.54. The fourth-order valence-corrected chi connectivity index (χ4v) is 5.94. The maximum atomic E-state index is 13.7. The van der Waals surface area contributed by atoms with Crippen LogP contribution in [-0.2, 0) is 9.59 Å². The SMILES string of the molecule is CCC(Sc1cccc(NC(=O)/C(=C\c2ccc(-c3ccccc3)cc2)NC(=O)c2ccccc2)c1)C(=O)Nc1cc(C)ccc1C. The highest BCUT2D eigenvalue weighted by Gasteiger charge is 2.20. The smallest absolute Gasteiger partial charge is 0.272 e. The van der Waals surface area contributed by atoms with E-state index in [0.717, 1.165) is 38.4 Å². The molecule has 0 spiro atoms. The third-order valence-corrected chi connectivity index (χ3v) is 8.90. The number of thioether (sulfide) groups is 1. The van der Waals surface area contributed by atoms with Gasteiger partial charge in [0.2, 0.25) is 5.91 Å². The summed E-state index contributed by atoms with van der Waals surface area (Å²) in [6.45, 7) is 5.95. The molecule has 236 valence electrons. The maximum Gasteiger partial charge on any atom is 0.272 e. The van der Waals surface area contributed by atoms with Crippen molar-refractivity contribution in [2.24, 2.45) is 0 Å². The van der Waals surface area contributed by atoms with Crippen molar-refractivity contribution in [3.8, 4) is 11.1 Å². The number of hydrogen-bond acceptors (Lipinski definition) is 4. The van der Waals surface area contributed by atoms with Gasteiger partial charge in [-0.3, -0.25) is 14.4 Å². The number of hydrogen-bond donors (Lipinski definition) is 3. The first-order valence-corrected chi connectivity index (χ1v) is 16.4. The van der Waals surface area contributed by atoms with E-state index in [4.69, 9.17) is 0 Å². The van der Waals surface area contributed by atoms with E-state index in [-0.39, 0.29) is 16.9 Å². The second kappa shape index (κ2) is 15.7. The van der Waals surface area contributed by atoms with E-state index in [0.29, 0.717) is 17.7 Å². The minimum atomic E-state index is -0.469. The second-order valence-corrected chi connectivity index (χ2v) is 12.4. The minimum absolute atomic E-state index is 0.0761. The highest BCUT2D eigenvalue weighted by Crippen LogP contribution is 2.29. The summed E-state index contributed by atoms with van der Waals surface area (Å²) in [6.07, 6.45) is 2.29. The molecular formula is C40H37N3O3S. The summed E-state index contributed by atoms with van der Waals surface area (Å²) in [5, 5.41) is 8.48. The monoisotopic (exact) mass is 639 g/mol. The van der Waals surface area contributed by atoms with Gasteiger partial charge in [0.1, 0.15) is 5.70 Å². The van der Waals surface area contributed by atoms with Gasteiger partial charge in [0, 0.05) is 21.8 Å². The van der Waals surface area contributed by atoms with Gasteiger partial charge >= 0.3 is 0 Å². The molecule has 0 aromatic heterocycles. The molecule has 5 aromatic rings. The zero-order valence-electron chi connectivity index (χ0n) is 26.6. The van der Waals surface area contributed by atoms with Crippen molar-refractivity contribution in [3.05, 3.63) is 155 Å². The Morgan fingerprint density at radius 2 is 1.40 bits per heavy atom. The van der Waals surface area contributed by atoms with Crippen LogP contribution < -0.4 is 16.0 Å². The van der Waals surface area contributed by atoms with Crippen molar-refractivity contribution in [3.63, 3.8) is 0 Å². The van der Waals surface area contributed by atoms with Crippen LogP contribution in [0.15, 0.2) is 138 Å². The molecule has 0 saturated heterocycles. The van der Waals surface area contributed by atoms with Crippen LogP contribution in [0.5, 0.6) is 0 Å². The van der Waals surface area contributed by atoms with Crippen LogP contribution in [0.4, 0.5) is 11.4 Å². The molecule has 0 fully saturated rings. The van der Waals surface area contributed by atoms with Crippen LogP contribution in [0.2, 0.25) is 0 Å². The van der Waals surface area contributed by atoms with E-state index < -0.39 is 11.8 Å². The van der Waals surface area contributed by atoms with Crippen LogP contribution in [-0.4, -0.2) is 23.0 Å². The molecule has 1 unspecified atom stereocenters. The first kappa shape index (κ1) is 33.0. The lowest BCUT2D eigenvalue weighted by atomic mass is 10.0. The van der Waals surface area contributed by atoms with Gasteiger partial charge in [-0.2, -0.15) is 0 Å². The number of rotatable bonds is 11. The van der Waals surface area contributed by atoms with Gasteiger partial charge in [-0.05, 0) is 90.6 Å². The number of aryl methyl sites for hydroxylation is 2. The molecule has 0 bridgehead atoms. The molecule has 0 heterocycles. The lowest BCUT2D eigenvalue weighted by Crippen LogP contribution is -2.30. The highest BCUT2D eigenvalue weighted by molar-refractivity contribution is 8.00. The normalized spacial score (nSPS) is 11.8. The van der Waals surface area contributed by atoms with Gasteiger partial charge in [0.05, 0.1) is 5.25 Å². The molecular weight excluding hydrogens is 603 g/mol. The Bertz CT molecular complexity index is 1890. The summed E-state index contributed by atoms with van der Waals surface area (Å²) in [5.41, 5.74) is 6.86. The van der Waals surface area contributed by atoms with Gasteiger partial charge in [0.25, 0.3) is 11.8 Å². The number of carbonyl (C=O) groups excluding carboxylic acids is 3. The lowest BCUT2D eigenvalue weighted by molar-refractivity contribution is -0.116. The molecule has 0 saturated carbocycles. The predicted octanol–water partition coefficient (Wildman–Crippen LogP) is 8.89. The summed E-state index contributed by atoms with van der Waals surface area (Å²) in [5.74, 6) is -0.936. The summed E-state index contributed by atoms with van der Waals surface area (Å²) in [4.78, 5) is 40.8. The van der Waals surface area contributed by atoms with E-state index in [2.05, 4.69) is 16.0 Å². The minimum Gasteiger partial charge on any atom is -0.325 e.